The number of piperazine rings is 1. The van der Waals surface area contributed by atoms with Gasteiger partial charge in [-0.1, -0.05) is 32.0 Å². The van der Waals surface area contributed by atoms with E-state index in [4.69, 9.17) is 0 Å². The molecule has 0 spiro atoms. The number of fused-ring (bicyclic) bond motifs is 1. The topological polar surface area (TPSA) is 74.3 Å². The molecule has 4 rings (SSSR count). The number of anilines is 1. The van der Waals surface area contributed by atoms with E-state index in [0.29, 0.717) is 11.6 Å². The Kier molecular flexibility index (Phi) is 8.19. The number of nitrogens with zero attached hydrogens (tertiary/aromatic N) is 2. The molecule has 2 aromatic carbocycles. The van der Waals surface area contributed by atoms with Crippen molar-refractivity contribution in [2.75, 3.05) is 37.4 Å². The Morgan fingerprint density at radius 3 is 2.53 bits per heavy atom. The van der Waals surface area contributed by atoms with E-state index in [1.807, 2.05) is 36.4 Å². The van der Waals surface area contributed by atoms with Crippen LogP contribution in [0.15, 0.2) is 59.6 Å². The molecule has 6 nitrogen and oxygen atoms in total. The molecule has 2 N–H and O–H groups in total. The van der Waals surface area contributed by atoms with Crippen LogP contribution >= 0.6 is 0 Å². The van der Waals surface area contributed by atoms with Gasteiger partial charge in [0.25, 0.3) is 10.0 Å². The van der Waals surface area contributed by atoms with Crippen molar-refractivity contribution in [2.45, 2.75) is 44.4 Å². The molecule has 3 aromatic rings. The van der Waals surface area contributed by atoms with Crippen molar-refractivity contribution in [3.05, 3.63) is 65.9 Å². The van der Waals surface area contributed by atoms with Gasteiger partial charge in [0.2, 0.25) is 0 Å². The highest BCUT2D eigenvalue weighted by atomic mass is 32.2. The second-order valence-electron chi connectivity index (χ2n) is 9.57. The third-order valence-electron chi connectivity index (χ3n) is 6.37. The van der Waals surface area contributed by atoms with Crippen LogP contribution in [0.25, 0.3) is 10.9 Å². The minimum Gasteiger partial charge on any atom is -0.314 e. The van der Waals surface area contributed by atoms with Crippen molar-refractivity contribution in [1.29, 1.82) is 0 Å². The molecule has 1 aliphatic heterocycles. The van der Waals surface area contributed by atoms with Gasteiger partial charge in [0.15, 0.2) is 0 Å². The van der Waals surface area contributed by atoms with E-state index >= 15 is 0 Å². The molecule has 0 unspecified atom stereocenters. The lowest BCUT2D eigenvalue weighted by molar-refractivity contribution is 0.237. The Hall–Kier alpha value is -2.48. The highest BCUT2D eigenvalue weighted by Gasteiger charge is 2.19. The molecule has 0 amide bonds. The van der Waals surface area contributed by atoms with E-state index in [1.165, 1.54) is 5.56 Å². The molecule has 0 radical (unpaired) electrons. The monoisotopic (exact) mass is 480 g/mol. The van der Waals surface area contributed by atoms with Crippen LogP contribution in [0.5, 0.6) is 0 Å². The first kappa shape index (κ1) is 24.6. The van der Waals surface area contributed by atoms with E-state index in [9.17, 15) is 8.42 Å². The number of nitrogens with one attached hydrogen (secondary N) is 2. The molecule has 1 aliphatic rings. The zero-order valence-electron chi connectivity index (χ0n) is 20.3. The summed E-state index contributed by atoms with van der Waals surface area (Å²) in [6, 6.07) is 15.0. The lowest BCUT2D eigenvalue weighted by Gasteiger charge is -2.27. The molecule has 0 bridgehead atoms. The number of sulfonamides is 1. The van der Waals surface area contributed by atoms with Crippen molar-refractivity contribution in [2.24, 2.45) is 5.92 Å². The molecule has 182 valence electrons. The first-order chi connectivity index (χ1) is 16.4. The van der Waals surface area contributed by atoms with E-state index in [-0.39, 0.29) is 4.90 Å². The summed E-state index contributed by atoms with van der Waals surface area (Å²) in [7, 11) is -3.71. The van der Waals surface area contributed by atoms with Gasteiger partial charge in [-0.3, -0.25) is 9.71 Å². The van der Waals surface area contributed by atoms with Crippen LogP contribution in [0.3, 0.4) is 0 Å². The van der Waals surface area contributed by atoms with E-state index in [1.54, 1.807) is 18.3 Å². The minimum absolute atomic E-state index is 0.286. The van der Waals surface area contributed by atoms with Gasteiger partial charge in [-0.25, -0.2) is 8.42 Å². The van der Waals surface area contributed by atoms with Gasteiger partial charge in [0.1, 0.15) is 0 Å². The fourth-order valence-corrected chi connectivity index (χ4v) is 5.68. The predicted octanol–water partition coefficient (Wildman–Crippen LogP) is 4.46. The third kappa shape index (κ3) is 6.34. The molecule has 1 fully saturated rings. The molecule has 0 aliphatic carbocycles. The van der Waals surface area contributed by atoms with Crippen LogP contribution in [0.2, 0.25) is 0 Å². The summed E-state index contributed by atoms with van der Waals surface area (Å²) in [4.78, 5) is 7.19. The Bertz CT molecular complexity index is 1190. The molecule has 1 saturated heterocycles. The normalized spacial score (nSPS) is 15.1. The number of hydrogen-bond acceptors (Lipinski definition) is 5. The van der Waals surface area contributed by atoms with Crippen molar-refractivity contribution >= 4 is 26.6 Å². The SMILES string of the molecule is CC(C)Cc1ccc2ncccc2c1NS(=O)(=O)c1ccc(CCCCN2CCNCC2)cc1. The maximum atomic E-state index is 13.3. The molecule has 2 heterocycles. The Morgan fingerprint density at radius 2 is 1.79 bits per heavy atom. The van der Waals surface area contributed by atoms with Gasteiger partial charge < -0.3 is 10.2 Å². The average molecular weight is 481 g/mol. The van der Waals surface area contributed by atoms with Crippen LogP contribution in [0.1, 0.15) is 37.8 Å². The number of pyridine rings is 1. The van der Waals surface area contributed by atoms with E-state index in [0.717, 1.165) is 74.9 Å². The summed E-state index contributed by atoms with van der Waals surface area (Å²) in [6.45, 7) is 9.83. The first-order valence-corrected chi connectivity index (χ1v) is 13.8. The van der Waals surface area contributed by atoms with Gasteiger partial charge in [0, 0.05) is 37.8 Å². The third-order valence-corrected chi connectivity index (χ3v) is 7.73. The lowest BCUT2D eigenvalue weighted by Crippen LogP contribution is -2.43. The summed E-state index contributed by atoms with van der Waals surface area (Å²) in [6.07, 6.45) is 5.75. The average Bonchev–Trinajstić information content (AvgIpc) is 2.84. The van der Waals surface area contributed by atoms with Crippen molar-refractivity contribution < 1.29 is 8.42 Å². The highest BCUT2D eigenvalue weighted by Crippen LogP contribution is 2.30. The van der Waals surface area contributed by atoms with Crippen LogP contribution in [0, 0.1) is 5.92 Å². The Labute approximate surface area is 203 Å². The number of aromatic nitrogens is 1. The van der Waals surface area contributed by atoms with E-state index in [2.05, 4.69) is 33.8 Å². The van der Waals surface area contributed by atoms with Gasteiger partial charge in [0.05, 0.1) is 16.1 Å². The summed E-state index contributed by atoms with van der Waals surface area (Å²) in [5.41, 5.74) is 3.58. The Morgan fingerprint density at radius 1 is 1.03 bits per heavy atom. The maximum absolute atomic E-state index is 13.3. The van der Waals surface area contributed by atoms with Gasteiger partial charge in [-0.2, -0.15) is 0 Å². The van der Waals surface area contributed by atoms with Crippen molar-refractivity contribution in [3.63, 3.8) is 0 Å². The molecule has 7 heteroatoms. The first-order valence-electron chi connectivity index (χ1n) is 12.3. The summed E-state index contributed by atoms with van der Waals surface area (Å²) in [5.74, 6) is 0.406. The number of unbranched alkanes of at least 4 members (excludes halogenated alkanes) is 1. The van der Waals surface area contributed by atoms with E-state index < -0.39 is 10.0 Å². The van der Waals surface area contributed by atoms with Crippen molar-refractivity contribution in [1.82, 2.24) is 15.2 Å². The number of hydrogen-bond donors (Lipinski definition) is 2. The molecular formula is C27H36N4O2S. The molecule has 1 aromatic heterocycles. The number of rotatable bonds is 10. The quantitative estimate of drug-likeness (QED) is 0.419. The molecule has 34 heavy (non-hydrogen) atoms. The minimum atomic E-state index is -3.71. The zero-order chi connectivity index (χ0) is 24.0. The van der Waals surface area contributed by atoms with Gasteiger partial charge in [-0.15, -0.1) is 0 Å². The molecule has 0 atom stereocenters. The second-order valence-corrected chi connectivity index (χ2v) is 11.2. The van der Waals surface area contributed by atoms with Gasteiger partial charge in [-0.05, 0) is 79.6 Å². The summed E-state index contributed by atoms with van der Waals surface area (Å²) in [5, 5.41) is 4.21. The Balaban J connectivity index is 1.44. The molecule has 0 saturated carbocycles. The number of benzene rings is 2. The summed E-state index contributed by atoms with van der Waals surface area (Å²) < 4.78 is 29.5. The smallest absolute Gasteiger partial charge is 0.261 e. The standard InChI is InChI=1S/C27H36N4O2S/c1-21(2)20-23-10-13-26-25(7-5-14-29-26)27(23)30-34(32,33)24-11-8-22(9-12-24)6-3-4-17-31-18-15-28-16-19-31/h5,7-14,21,28,30H,3-4,6,15-20H2,1-2H3. The predicted molar refractivity (Wildman–Crippen MR) is 140 cm³/mol. The van der Waals surface area contributed by atoms with Crippen molar-refractivity contribution in [3.8, 4) is 0 Å². The second kappa shape index (κ2) is 11.3. The van der Waals surface area contributed by atoms with Crippen LogP contribution in [-0.4, -0.2) is 51.0 Å². The number of aryl methyl sites for hydroxylation is 1. The fourth-order valence-electron chi connectivity index (χ4n) is 4.56. The molecular weight excluding hydrogens is 444 g/mol. The lowest BCUT2D eigenvalue weighted by atomic mass is 9.99. The largest absolute Gasteiger partial charge is 0.314 e. The van der Waals surface area contributed by atoms with Gasteiger partial charge >= 0.3 is 0 Å². The van der Waals surface area contributed by atoms with Crippen LogP contribution < -0.4 is 10.0 Å². The summed E-state index contributed by atoms with van der Waals surface area (Å²) >= 11 is 0. The van der Waals surface area contributed by atoms with Crippen LogP contribution in [0.4, 0.5) is 5.69 Å². The highest BCUT2D eigenvalue weighted by molar-refractivity contribution is 7.92. The maximum Gasteiger partial charge on any atom is 0.261 e. The zero-order valence-corrected chi connectivity index (χ0v) is 21.1. The fraction of sp³-hybridized carbons (Fsp3) is 0.444. The van der Waals surface area contributed by atoms with Crippen LogP contribution in [-0.2, 0) is 22.9 Å².